The molecule has 6 heteroatoms. The summed E-state index contributed by atoms with van der Waals surface area (Å²) in [6, 6.07) is 9.70. The minimum Gasteiger partial charge on any atom is -0.445 e. The van der Waals surface area contributed by atoms with Gasteiger partial charge in [0.1, 0.15) is 12.4 Å². The average Bonchev–Trinajstić information content (AvgIpc) is 3.07. The molecule has 2 heterocycles. The Bertz CT molecular complexity index is 888. The Balaban J connectivity index is 1.58. The van der Waals surface area contributed by atoms with E-state index in [-0.39, 0.29) is 18.7 Å². The van der Waals surface area contributed by atoms with Crippen LogP contribution < -0.4 is 5.73 Å². The molecule has 6 nitrogen and oxygen atoms in total. The zero-order valence-corrected chi connectivity index (χ0v) is 17.1. The van der Waals surface area contributed by atoms with Gasteiger partial charge in [-0.2, -0.15) is 5.10 Å². The van der Waals surface area contributed by atoms with E-state index in [4.69, 9.17) is 15.6 Å². The molecule has 2 aromatic rings. The summed E-state index contributed by atoms with van der Waals surface area (Å²) in [6.45, 7) is 0.971. The number of nitrogen functional groups attached to an aromatic ring is 1. The van der Waals surface area contributed by atoms with E-state index in [0.717, 1.165) is 48.9 Å². The lowest BCUT2D eigenvalue weighted by atomic mass is 9.89. The molecule has 1 fully saturated rings. The second-order valence-corrected chi connectivity index (χ2v) is 7.99. The summed E-state index contributed by atoms with van der Waals surface area (Å²) in [7, 11) is 1.88. The Morgan fingerprint density at radius 1 is 1.21 bits per heavy atom. The van der Waals surface area contributed by atoms with Crippen LogP contribution in [-0.4, -0.2) is 27.3 Å². The van der Waals surface area contributed by atoms with Gasteiger partial charge in [-0.05, 0) is 56.1 Å². The van der Waals surface area contributed by atoms with E-state index in [9.17, 15) is 4.79 Å². The van der Waals surface area contributed by atoms with E-state index >= 15 is 0 Å². The summed E-state index contributed by atoms with van der Waals surface area (Å²) in [6.07, 6.45) is 9.46. The topological polar surface area (TPSA) is 73.4 Å². The monoisotopic (exact) mass is 394 g/mol. The maximum Gasteiger partial charge on any atom is 0.410 e. The number of rotatable bonds is 4. The van der Waals surface area contributed by atoms with Crippen molar-refractivity contribution in [3.8, 4) is 0 Å². The lowest BCUT2D eigenvalue weighted by molar-refractivity contribution is 0.0667. The maximum atomic E-state index is 13.0. The number of likely N-dealkylation sites (tertiary alicyclic amines) is 1. The Labute approximate surface area is 172 Å². The molecule has 4 rings (SSSR count). The summed E-state index contributed by atoms with van der Waals surface area (Å²) in [4.78, 5) is 14.8. The van der Waals surface area contributed by atoms with Gasteiger partial charge in [0.05, 0.1) is 11.7 Å². The summed E-state index contributed by atoms with van der Waals surface area (Å²) in [5.41, 5.74) is 10.7. The fraction of sp³-hybridized carbons (Fsp3) is 0.478. The predicted octanol–water partition coefficient (Wildman–Crippen LogP) is 4.82. The van der Waals surface area contributed by atoms with Gasteiger partial charge in [0, 0.05) is 19.2 Å². The van der Waals surface area contributed by atoms with Gasteiger partial charge in [-0.15, -0.1) is 0 Å². The number of amides is 1. The third kappa shape index (κ3) is 4.16. The molecule has 1 aromatic heterocycles. The molecule has 1 aliphatic heterocycles. The molecule has 2 N–H and O–H groups in total. The smallest absolute Gasteiger partial charge is 0.410 e. The fourth-order valence-corrected chi connectivity index (χ4v) is 4.42. The van der Waals surface area contributed by atoms with Crippen LogP contribution in [0.2, 0.25) is 0 Å². The van der Waals surface area contributed by atoms with E-state index in [1.807, 2.05) is 42.3 Å². The van der Waals surface area contributed by atoms with Crippen molar-refractivity contribution >= 4 is 17.5 Å². The van der Waals surface area contributed by atoms with Gasteiger partial charge in [-0.3, -0.25) is 9.58 Å². The van der Waals surface area contributed by atoms with Crippen LogP contribution in [0.25, 0.3) is 5.57 Å². The summed E-state index contributed by atoms with van der Waals surface area (Å²) in [5, 5.41) is 4.76. The molecule has 1 aliphatic carbocycles. The molecule has 2 aliphatic rings. The van der Waals surface area contributed by atoms with Crippen molar-refractivity contribution in [3.63, 3.8) is 0 Å². The molecule has 1 amide bonds. The molecule has 0 saturated carbocycles. The standard InChI is InChI=1S/C23H30N4O2/c1-26-22(24)20(18-12-6-3-7-13-18)21(25-26)19-14-8-9-15-27(19)23(28)29-16-17-10-4-2-5-11-17/h2,4-5,10-12,19H,3,6-9,13-16,24H2,1H3. The van der Waals surface area contributed by atoms with E-state index in [0.29, 0.717) is 12.4 Å². The first-order valence-electron chi connectivity index (χ1n) is 10.6. The SMILES string of the molecule is Cn1nc(C2CCCCN2C(=O)OCc2ccccc2)c(C2=CCCCC2)c1N. The number of nitrogens with zero attached hydrogens (tertiary/aromatic N) is 3. The molecule has 1 saturated heterocycles. The first-order valence-corrected chi connectivity index (χ1v) is 10.6. The van der Waals surface area contributed by atoms with Crippen LogP contribution >= 0.6 is 0 Å². The first-order chi connectivity index (χ1) is 14.1. The quantitative estimate of drug-likeness (QED) is 0.806. The number of carbonyl (C=O) groups excluding carboxylic acids is 1. The number of ether oxygens (including phenoxy) is 1. The lowest BCUT2D eigenvalue weighted by Crippen LogP contribution is -2.39. The van der Waals surface area contributed by atoms with E-state index in [2.05, 4.69) is 6.08 Å². The zero-order valence-electron chi connectivity index (χ0n) is 17.1. The highest BCUT2D eigenvalue weighted by molar-refractivity contribution is 5.77. The highest BCUT2D eigenvalue weighted by Crippen LogP contribution is 2.40. The highest BCUT2D eigenvalue weighted by atomic mass is 16.6. The van der Waals surface area contributed by atoms with Gasteiger partial charge in [0.2, 0.25) is 0 Å². The molecule has 0 spiro atoms. The number of piperidine rings is 1. The first kappa shape index (κ1) is 19.6. The average molecular weight is 395 g/mol. The number of nitrogens with two attached hydrogens (primary N) is 1. The third-order valence-electron chi connectivity index (χ3n) is 5.99. The molecule has 1 aromatic carbocycles. The number of anilines is 1. The normalized spacial score (nSPS) is 19.7. The minimum absolute atomic E-state index is 0.0895. The van der Waals surface area contributed by atoms with Crippen molar-refractivity contribution < 1.29 is 9.53 Å². The molecular weight excluding hydrogens is 364 g/mol. The molecule has 1 unspecified atom stereocenters. The van der Waals surface area contributed by atoms with Gasteiger partial charge < -0.3 is 10.5 Å². The molecule has 1 atom stereocenters. The van der Waals surface area contributed by atoms with Crippen molar-refractivity contribution in [3.05, 3.63) is 53.2 Å². The largest absolute Gasteiger partial charge is 0.445 e. The van der Waals surface area contributed by atoms with Crippen LogP contribution in [0.1, 0.15) is 67.8 Å². The second kappa shape index (κ2) is 8.72. The van der Waals surface area contributed by atoms with Gasteiger partial charge in [0.25, 0.3) is 0 Å². The van der Waals surface area contributed by atoms with Crippen molar-refractivity contribution in [2.45, 2.75) is 57.6 Å². The predicted molar refractivity (Wildman–Crippen MR) is 114 cm³/mol. The van der Waals surface area contributed by atoms with Crippen LogP contribution in [-0.2, 0) is 18.4 Å². The third-order valence-corrected chi connectivity index (χ3v) is 5.99. The van der Waals surface area contributed by atoms with Crippen LogP contribution in [0, 0.1) is 0 Å². The highest BCUT2D eigenvalue weighted by Gasteiger charge is 2.34. The van der Waals surface area contributed by atoms with E-state index < -0.39 is 0 Å². The summed E-state index contributed by atoms with van der Waals surface area (Å²) in [5.74, 6) is 0.691. The fourth-order valence-electron chi connectivity index (χ4n) is 4.42. The molecule has 0 radical (unpaired) electrons. The Hall–Kier alpha value is -2.76. The maximum absolute atomic E-state index is 13.0. The van der Waals surface area contributed by atoms with Crippen molar-refractivity contribution in [1.29, 1.82) is 0 Å². The number of allylic oxidation sites excluding steroid dienone is 2. The van der Waals surface area contributed by atoms with Crippen LogP contribution in [0.15, 0.2) is 36.4 Å². The molecule has 154 valence electrons. The number of benzene rings is 1. The number of hydrogen-bond acceptors (Lipinski definition) is 4. The number of hydrogen-bond donors (Lipinski definition) is 1. The molecular formula is C23H30N4O2. The van der Waals surface area contributed by atoms with E-state index in [1.54, 1.807) is 4.68 Å². The second-order valence-electron chi connectivity index (χ2n) is 7.99. The molecule has 29 heavy (non-hydrogen) atoms. The van der Waals surface area contributed by atoms with Crippen molar-refractivity contribution in [2.24, 2.45) is 7.05 Å². The number of aryl methyl sites for hydroxylation is 1. The Morgan fingerprint density at radius 3 is 2.79 bits per heavy atom. The zero-order chi connectivity index (χ0) is 20.2. The summed E-state index contributed by atoms with van der Waals surface area (Å²) < 4.78 is 7.40. The number of aromatic nitrogens is 2. The molecule has 0 bridgehead atoms. The van der Waals surface area contributed by atoms with Crippen LogP contribution in [0.4, 0.5) is 10.6 Å². The van der Waals surface area contributed by atoms with Gasteiger partial charge in [-0.25, -0.2) is 4.79 Å². The Morgan fingerprint density at radius 2 is 2.03 bits per heavy atom. The lowest BCUT2D eigenvalue weighted by Gasteiger charge is -2.34. The summed E-state index contributed by atoms with van der Waals surface area (Å²) >= 11 is 0. The van der Waals surface area contributed by atoms with E-state index in [1.165, 1.54) is 18.4 Å². The van der Waals surface area contributed by atoms with Crippen molar-refractivity contribution in [2.75, 3.05) is 12.3 Å². The van der Waals surface area contributed by atoms with Gasteiger partial charge in [0.15, 0.2) is 0 Å². The van der Waals surface area contributed by atoms with Gasteiger partial charge in [-0.1, -0.05) is 36.4 Å². The van der Waals surface area contributed by atoms with Gasteiger partial charge >= 0.3 is 6.09 Å². The number of carbonyl (C=O) groups is 1. The Kier molecular flexibility index (Phi) is 5.88. The van der Waals surface area contributed by atoms with Crippen molar-refractivity contribution in [1.82, 2.24) is 14.7 Å². The van der Waals surface area contributed by atoms with Crippen LogP contribution in [0.3, 0.4) is 0 Å². The minimum atomic E-state index is -0.272. The van der Waals surface area contributed by atoms with Crippen LogP contribution in [0.5, 0.6) is 0 Å².